The van der Waals surface area contributed by atoms with Crippen molar-refractivity contribution in [2.75, 3.05) is 12.4 Å². The largest absolute Gasteiger partial charge is 0.493 e. The molecule has 0 unspecified atom stereocenters. The van der Waals surface area contributed by atoms with Crippen molar-refractivity contribution in [1.82, 2.24) is 4.98 Å². The number of methoxy groups -OCH3 is 1. The van der Waals surface area contributed by atoms with E-state index in [1.54, 1.807) is 13.2 Å². The summed E-state index contributed by atoms with van der Waals surface area (Å²) in [7, 11) is 1.60. The molecule has 3 aromatic rings. The molecule has 31 heavy (non-hydrogen) atoms. The highest BCUT2D eigenvalue weighted by Crippen LogP contribution is 2.32. The van der Waals surface area contributed by atoms with Gasteiger partial charge in [0.2, 0.25) is 5.91 Å². The van der Waals surface area contributed by atoms with Crippen molar-refractivity contribution in [3.05, 3.63) is 63.5 Å². The molecule has 0 aliphatic heterocycles. The monoisotopic (exact) mass is 500 g/mol. The lowest BCUT2D eigenvalue weighted by Gasteiger charge is -2.13. The van der Waals surface area contributed by atoms with E-state index in [2.05, 4.69) is 33.2 Å². The molecule has 1 aromatic heterocycles. The Kier molecular flexibility index (Phi) is 7.87. The second kappa shape index (κ2) is 10.6. The maximum absolute atomic E-state index is 12.4. The van der Waals surface area contributed by atoms with Crippen LogP contribution in [-0.2, 0) is 11.2 Å². The summed E-state index contributed by atoms with van der Waals surface area (Å²) in [4.78, 5) is 18.2. The summed E-state index contributed by atoms with van der Waals surface area (Å²) in [5.74, 6) is 1.07. The van der Waals surface area contributed by atoms with E-state index in [1.165, 1.54) is 17.4 Å². The summed E-state index contributed by atoms with van der Waals surface area (Å²) < 4.78 is 12.1. The van der Waals surface area contributed by atoms with Crippen LogP contribution in [0.4, 0.5) is 5.13 Å². The molecule has 7 heteroatoms. The number of ether oxygens (including phenoxy) is 2. The molecule has 0 radical (unpaired) electrons. The van der Waals surface area contributed by atoms with Gasteiger partial charge < -0.3 is 9.47 Å². The number of nitrogens with one attached hydrogen (secondary N) is 1. The summed E-state index contributed by atoms with van der Waals surface area (Å²) >= 11 is 4.95. The van der Waals surface area contributed by atoms with Crippen LogP contribution in [0.15, 0.2) is 53.0 Å². The second-order valence-corrected chi connectivity index (χ2v) is 9.05. The molecule has 0 fully saturated rings. The highest BCUT2D eigenvalue weighted by molar-refractivity contribution is 9.10. The number of rotatable bonds is 8. The number of hydrogen-bond acceptors (Lipinski definition) is 5. The molecule has 3 rings (SSSR count). The van der Waals surface area contributed by atoms with Crippen LogP contribution in [0.25, 0.3) is 17.3 Å². The molecule has 1 amide bonds. The molecule has 1 N–H and O–H groups in total. The molecule has 5 nitrogen and oxygen atoms in total. The Morgan fingerprint density at radius 3 is 2.58 bits per heavy atom. The summed E-state index contributed by atoms with van der Waals surface area (Å²) in [6.45, 7) is 6.01. The maximum atomic E-state index is 12.4. The van der Waals surface area contributed by atoms with Crippen LogP contribution in [0, 0.1) is 0 Å². The Labute approximate surface area is 195 Å². The van der Waals surface area contributed by atoms with Crippen LogP contribution in [-0.4, -0.2) is 24.1 Å². The lowest BCUT2D eigenvalue weighted by atomic mass is 10.1. The van der Waals surface area contributed by atoms with E-state index in [-0.39, 0.29) is 12.0 Å². The van der Waals surface area contributed by atoms with Gasteiger partial charge in [-0.15, -0.1) is 11.3 Å². The SMILES string of the molecule is CCc1sc(NC(=O)/C=C/c2ccc(OC(C)C)c(OC)c2)nc1-c1ccc(Br)cc1. The molecule has 0 saturated heterocycles. The smallest absolute Gasteiger partial charge is 0.250 e. The number of carbonyl (C=O) groups is 1. The molecule has 0 spiro atoms. The molecule has 0 atom stereocenters. The zero-order chi connectivity index (χ0) is 22.4. The first kappa shape index (κ1) is 23.0. The van der Waals surface area contributed by atoms with Crippen molar-refractivity contribution < 1.29 is 14.3 Å². The number of aromatic nitrogens is 1. The third kappa shape index (κ3) is 6.18. The molecule has 0 saturated carbocycles. The number of thiazole rings is 1. The number of halogens is 1. The first-order valence-electron chi connectivity index (χ1n) is 9.99. The van der Waals surface area contributed by atoms with E-state index in [0.717, 1.165) is 32.6 Å². The van der Waals surface area contributed by atoms with Crippen LogP contribution >= 0.6 is 27.3 Å². The maximum Gasteiger partial charge on any atom is 0.250 e. The van der Waals surface area contributed by atoms with Crippen molar-refractivity contribution in [2.45, 2.75) is 33.3 Å². The van der Waals surface area contributed by atoms with Gasteiger partial charge >= 0.3 is 0 Å². The van der Waals surface area contributed by atoms with Gasteiger partial charge in [0.05, 0.1) is 18.9 Å². The Morgan fingerprint density at radius 1 is 1.19 bits per heavy atom. The van der Waals surface area contributed by atoms with Gasteiger partial charge in [-0.3, -0.25) is 10.1 Å². The third-order valence-corrected chi connectivity index (χ3v) is 5.99. The minimum Gasteiger partial charge on any atom is -0.493 e. The van der Waals surface area contributed by atoms with Crippen molar-refractivity contribution >= 4 is 44.4 Å². The molecule has 0 bridgehead atoms. The molecule has 2 aromatic carbocycles. The predicted octanol–water partition coefficient (Wildman–Crippen LogP) is 6.58. The van der Waals surface area contributed by atoms with Crippen LogP contribution in [0.2, 0.25) is 0 Å². The molecule has 162 valence electrons. The molecule has 0 aliphatic rings. The van der Waals surface area contributed by atoms with E-state index < -0.39 is 0 Å². The molecular formula is C24H25BrN2O3S. The Morgan fingerprint density at radius 2 is 1.94 bits per heavy atom. The summed E-state index contributed by atoms with van der Waals surface area (Å²) in [6, 6.07) is 13.6. The van der Waals surface area contributed by atoms with Crippen LogP contribution < -0.4 is 14.8 Å². The number of aryl methyl sites for hydroxylation is 1. The minimum atomic E-state index is -0.236. The van der Waals surface area contributed by atoms with Gasteiger partial charge in [-0.1, -0.05) is 41.1 Å². The zero-order valence-corrected chi connectivity index (χ0v) is 20.3. The number of carbonyl (C=O) groups excluding carboxylic acids is 1. The number of nitrogens with zero attached hydrogens (tertiary/aromatic N) is 1. The average molecular weight is 501 g/mol. The van der Waals surface area contributed by atoms with Crippen molar-refractivity contribution in [2.24, 2.45) is 0 Å². The molecular weight excluding hydrogens is 476 g/mol. The lowest BCUT2D eigenvalue weighted by molar-refractivity contribution is -0.111. The van der Waals surface area contributed by atoms with Crippen LogP contribution in [0.1, 0.15) is 31.2 Å². The number of hydrogen-bond donors (Lipinski definition) is 1. The van der Waals surface area contributed by atoms with Gasteiger partial charge in [-0.25, -0.2) is 4.98 Å². The highest BCUT2D eigenvalue weighted by Gasteiger charge is 2.13. The van der Waals surface area contributed by atoms with Gasteiger partial charge in [-0.2, -0.15) is 0 Å². The average Bonchev–Trinajstić information content (AvgIpc) is 3.15. The number of amides is 1. The molecule has 0 aliphatic carbocycles. The van der Waals surface area contributed by atoms with Crippen LogP contribution in [0.5, 0.6) is 11.5 Å². The van der Waals surface area contributed by atoms with Crippen molar-refractivity contribution in [1.29, 1.82) is 0 Å². The van der Waals surface area contributed by atoms with Crippen molar-refractivity contribution in [3.8, 4) is 22.8 Å². The van der Waals surface area contributed by atoms with E-state index >= 15 is 0 Å². The fourth-order valence-corrected chi connectivity index (χ4v) is 4.13. The Bertz CT molecular complexity index is 1070. The summed E-state index contributed by atoms with van der Waals surface area (Å²) in [6.07, 6.45) is 4.12. The van der Waals surface area contributed by atoms with E-state index in [9.17, 15) is 4.79 Å². The van der Waals surface area contributed by atoms with E-state index in [1.807, 2.05) is 56.3 Å². The quantitative estimate of drug-likeness (QED) is 0.354. The first-order chi connectivity index (χ1) is 14.9. The topological polar surface area (TPSA) is 60.5 Å². The standard InChI is InChI=1S/C24H25BrN2O3S/c1-5-21-23(17-8-10-18(25)11-9-17)27-24(31-21)26-22(28)13-7-16-6-12-19(30-15(2)3)20(14-16)29-4/h6-15H,5H2,1-4H3,(H,26,27,28)/b13-7+. The van der Waals surface area contributed by atoms with Gasteiger partial charge in [0.1, 0.15) is 0 Å². The first-order valence-corrected chi connectivity index (χ1v) is 11.6. The fourth-order valence-electron chi connectivity index (χ4n) is 2.94. The number of benzene rings is 2. The van der Waals surface area contributed by atoms with Gasteiger partial charge in [0.25, 0.3) is 0 Å². The Balaban J connectivity index is 1.72. The molecule has 1 heterocycles. The Hall–Kier alpha value is -2.64. The second-order valence-electron chi connectivity index (χ2n) is 7.05. The normalized spacial score (nSPS) is 11.2. The fraction of sp³-hybridized carbons (Fsp3) is 0.250. The van der Waals surface area contributed by atoms with Crippen molar-refractivity contribution in [3.63, 3.8) is 0 Å². The van der Waals surface area contributed by atoms with E-state index in [0.29, 0.717) is 16.6 Å². The van der Waals surface area contributed by atoms with Crippen LogP contribution in [0.3, 0.4) is 0 Å². The third-order valence-electron chi connectivity index (χ3n) is 4.34. The summed E-state index contributed by atoms with van der Waals surface area (Å²) in [5.41, 5.74) is 2.78. The lowest BCUT2D eigenvalue weighted by Crippen LogP contribution is -2.07. The van der Waals surface area contributed by atoms with Gasteiger partial charge in [0.15, 0.2) is 16.6 Å². The van der Waals surface area contributed by atoms with Gasteiger partial charge in [0, 0.05) is 21.0 Å². The zero-order valence-electron chi connectivity index (χ0n) is 17.9. The number of anilines is 1. The predicted molar refractivity (Wildman–Crippen MR) is 131 cm³/mol. The highest BCUT2D eigenvalue weighted by atomic mass is 79.9. The van der Waals surface area contributed by atoms with E-state index in [4.69, 9.17) is 9.47 Å². The summed E-state index contributed by atoms with van der Waals surface area (Å²) in [5, 5.41) is 3.46. The van der Waals surface area contributed by atoms with Gasteiger partial charge in [-0.05, 0) is 56.2 Å². The minimum absolute atomic E-state index is 0.0506.